The van der Waals surface area contributed by atoms with E-state index in [1.54, 1.807) is 0 Å². The average Bonchev–Trinajstić information content (AvgIpc) is 2.12. The third kappa shape index (κ3) is 12.1. The first-order valence-electron chi connectivity index (χ1n) is 5.15. The van der Waals surface area contributed by atoms with Crippen molar-refractivity contribution in [3.63, 3.8) is 0 Å². The molecule has 96 valence electrons. The Labute approximate surface area is 107 Å². The highest BCUT2D eigenvalue weighted by Gasteiger charge is 2.25. The van der Waals surface area contributed by atoms with E-state index in [-0.39, 0.29) is 16.3 Å². The van der Waals surface area contributed by atoms with Crippen molar-refractivity contribution in [2.75, 3.05) is 6.61 Å². The molecule has 0 saturated heterocycles. The molecule has 0 aliphatic rings. The summed E-state index contributed by atoms with van der Waals surface area (Å²) in [5, 5.41) is 0. The summed E-state index contributed by atoms with van der Waals surface area (Å²) in [7, 11) is 0. The second kappa shape index (κ2) is 8.14. The van der Waals surface area contributed by atoms with Gasteiger partial charge in [-0.25, -0.2) is 0 Å². The zero-order chi connectivity index (χ0) is 12.6. The summed E-state index contributed by atoms with van der Waals surface area (Å²) in [6.45, 7) is 1.68. The van der Waals surface area contributed by atoms with E-state index in [0.29, 0.717) is 13.0 Å². The quantitative estimate of drug-likeness (QED) is 0.301. The number of carbonyl (C=O) groups excluding carboxylic acids is 1. The Morgan fingerprint density at radius 3 is 2.44 bits per heavy atom. The number of halogens is 4. The molecule has 0 amide bonds. The summed E-state index contributed by atoms with van der Waals surface area (Å²) in [5.41, 5.74) is 0. The molecular weight excluding hydrogens is 336 g/mol. The molecule has 0 N–H and O–H groups in total. The number of ether oxygens (including phenoxy) is 1. The Hall–Kier alpha value is -0.0100. The van der Waals surface area contributed by atoms with E-state index in [1.165, 1.54) is 6.92 Å². The number of alkyl halides is 4. The van der Waals surface area contributed by atoms with Gasteiger partial charge in [0.2, 0.25) is 0 Å². The van der Waals surface area contributed by atoms with E-state index in [0.717, 1.165) is 12.8 Å². The fraction of sp³-hybridized carbons (Fsp3) is 0.900. The topological polar surface area (TPSA) is 26.3 Å². The van der Waals surface area contributed by atoms with Crippen LogP contribution >= 0.6 is 22.6 Å². The molecule has 0 fully saturated rings. The summed E-state index contributed by atoms with van der Waals surface area (Å²) >= 11 is 2.14. The highest BCUT2D eigenvalue weighted by atomic mass is 127. The molecule has 0 spiro atoms. The van der Waals surface area contributed by atoms with Crippen LogP contribution in [0.5, 0.6) is 0 Å². The van der Waals surface area contributed by atoms with E-state index in [1.807, 2.05) is 0 Å². The molecule has 0 bridgehead atoms. The van der Waals surface area contributed by atoms with E-state index >= 15 is 0 Å². The average molecular weight is 352 g/mol. The lowest BCUT2D eigenvalue weighted by atomic mass is 10.1. The second-order valence-electron chi connectivity index (χ2n) is 3.61. The summed E-state index contributed by atoms with van der Waals surface area (Å²) in [6, 6.07) is 0. The van der Waals surface area contributed by atoms with Gasteiger partial charge in [-0.3, -0.25) is 4.79 Å². The van der Waals surface area contributed by atoms with Gasteiger partial charge in [-0.15, -0.1) is 0 Å². The molecule has 1 atom stereocenters. The molecule has 0 heterocycles. The number of unbranched alkanes of at least 4 members (excludes halogenated alkanes) is 2. The zero-order valence-corrected chi connectivity index (χ0v) is 11.3. The van der Waals surface area contributed by atoms with Crippen LogP contribution in [0, 0.1) is 0 Å². The standard InChI is InChI=1S/C10H16F3IO2/c1-8(15)16-7-9(14)5-3-2-4-6-10(11,12)13/h9H,2-7H2,1H3. The minimum Gasteiger partial charge on any atom is -0.465 e. The van der Waals surface area contributed by atoms with Gasteiger partial charge in [0.15, 0.2) is 0 Å². The third-order valence-corrected chi connectivity index (χ3v) is 2.93. The summed E-state index contributed by atoms with van der Waals surface area (Å²) in [5.74, 6) is -0.321. The van der Waals surface area contributed by atoms with Gasteiger partial charge >= 0.3 is 12.1 Å². The number of hydrogen-bond donors (Lipinski definition) is 0. The normalized spacial score (nSPS) is 13.6. The minimum atomic E-state index is -4.04. The first-order valence-corrected chi connectivity index (χ1v) is 6.40. The van der Waals surface area contributed by atoms with Crippen LogP contribution in [0.4, 0.5) is 13.2 Å². The van der Waals surface area contributed by atoms with Crippen molar-refractivity contribution in [3.8, 4) is 0 Å². The second-order valence-corrected chi connectivity index (χ2v) is 5.38. The van der Waals surface area contributed by atoms with Crippen molar-refractivity contribution in [2.45, 2.75) is 49.1 Å². The largest absolute Gasteiger partial charge is 0.465 e. The molecule has 0 saturated carbocycles. The lowest BCUT2D eigenvalue weighted by Gasteiger charge is -2.10. The van der Waals surface area contributed by atoms with E-state index in [4.69, 9.17) is 4.74 Å². The number of rotatable bonds is 7. The van der Waals surface area contributed by atoms with Crippen molar-refractivity contribution < 1.29 is 22.7 Å². The van der Waals surface area contributed by atoms with Crippen LogP contribution in [-0.2, 0) is 9.53 Å². The SMILES string of the molecule is CC(=O)OCC(I)CCCCCC(F)(F)F. The van der Waals surface area contributed by atoms with Crippen molar-refractivity contribution in [1.82, 2.24) is 0 Å². The fourth-order valence-electron chi connectivity index (χ4n) is 1.16. The van der Waals surface area contributed by atoms with Crippen LogP contribution in [0.1, 0.15) is 39.0 Å². The van der Waals surface area contributed by atoms with E-state index < -0.39 is 12.6 Å². The van der Waals surface area contributed by atoms with E-state index in [2.05, 4.69) is 22.6 Å². The van der Waals surface area contributed by atoms with Crippen molar-refractivity contribution in [2.24, 2.45) is 0 Å². The maximum absolute atomic E-state index is 11.8. The number of hydrogen-bond acceptors (Lipinski definition) is 2. The van der Waals surface area contributed by atoms with Crippen LogP contribution in [0.25, 0.3) is 0 Å². The van der Waals surface area contributed by atoms with Gasteiger partial charge in [0, 0.05) is 17.3 Å². The molecule has 0 aromatic carbocycles. The lowest BCUT2D eigenvalue weighted by Crippen LogP contribution is -2.11. The van der Waals surface area contributed by atoms with Crippen LogP contribution in [0.15, 0.2) is 0 Å². The van der Waals surface area contributed by atoms with Gasteiger partial charge in [-0.2, -0.15) is 13.2 Å². The van der Waals surface area contributed by atoms with Crippen LogP contribution in [0.2, 0.25) is 0 Å². The Morgan fingerprint density at radius 1 is 1.31 bits per heavy atom. The van der Waals surface area contributed by atoms with Gasteiger partial charge in [0.25, 0.3) is 0 Å². The van der Waals surface area contributed by atoms with Gasteiger partial charge in [0.1, 0.15) is 6.61 Å². The molecule has 0 aliphatic carbocycles. The minimum absolute atomic E-state index is 0.181. The Bertz CT molecular complexity index is 207. The number of esters is 1. The predicted molar refractivity (Wildman–Crippen MR) is 63.6 cm³/mol. The molecule has 2 nitrogen and oxygen atoms in total. The first kappa shape index (κ1) is 16.0. The molecule has 6 heteroatoms. The Morgan fingerprint density at radius 2 is 1.94 bits per heavy atom. The molecule has 1 unspecified atom stereocenters. The molecular formula is C10H16F3IO2. The first-order chi connectivity index (χ1) is 7.31. The molecule has 0 aromatic rings. The van der Waals surface area contributed by atoms with Crippen molar-refractivity contribution in [3.05, 3.63) is 0 Å². The smallest absolute Gasteiger partial charge is 0.389 e. The monoisotopic (exact) mass is 352 g/mol. The number of carbonyl (C=O) groups is 1. The maximum atomic E-state index is 11.8. The maximum Gasteiger partial charge on any atom is 0.389 e. The van der Waals surface area contributed by atoms with Gasteiger partial charge in [-0.05, 0) is 12.8 Å². The summed E-state index contributed by atoms with van der Waals surface area (Å²) < 4.78 is 40.4. The Kier molecular flexibility index (Phi) is 8.13. The molecule has 0 radical (unpaired) electrons. The fourth-order valence-corrected chi connectivity index (χ4v) is 1.78. The highest BCUT2D eigenvalue weighted by Crippen LogP contribution is 2.23. The summed E-state index contributed by atoms with van der Waals surface area (Å²) in [4.78, 5) is 10.5. The van der Waals surface area contributed by atoms with Crippen molar-refractivity contribution in [1.29, 1.82) is 0 Å². The van der Waals surface area contributed by atoms with Gasteiger partial charge in [0.05, 0.1) is 0 Å². The van der Waals surface area contributed by atoms with Gasteiger partial charge < -0.3 is 4.74 Å². The molecule has 0 rings (SSSR count). The Balaban J connectivity index is 3.34. The van der Waals surface area contributed by atoms with Crippen molar-refractivity contribution >= 4 is 28.6 Å². The lowest BCUT2D eigenvalue weighted by molar-refractivity contribution is -0.141. The van der Waals surface area contributed by atoms with Crippen LogP contribution < -0.4 is 0 Å². The van der Waals surface area contributed by atoms with Crippen LogP contribution in [0.3, 0.4) is 0 Å². The van der Waals surface area contributed by atoms with Gasteiger partial charge in [-0.1, -0.05) is 35.4 Å². The predicted octanol–water partition coefficient (Wildman–Crippen LogP) is 3.87. The zero-order valence-electron chi connectivity index (χ0n) is 9.15. The molecule has 0 aromatic heterocycles. The van der Waals surface area contributed by atoms with Crippen LogP contribution in [-0.4, -0.2) is 22.7 Å². The third-order valence-electron chi connectivity index (χ3n) is 1.95. The molecule has 16 heavy (non-hydrogen) atoms. The highest BCUT2D eigenvalue weighted by molar-refractivity contribution is 14.1. The molecule has 0 aliphatic heterocycles. The van der Waals surface area contributed by atoms with E-state index in [9.17, 15) is 18.0 Å². The summed E-state index contributed by atoms with van der Waals surface area (Å²) in [6.07, 6.45) is -2.47.